The van der Waals surface area contributed by atoms with Crippen LogP contribution in [0.15, 0.2) is 46.9 Å². The third-order valence-electron chi connectivity index (χ3n) is 4.91. The lowest BCUT2D eigenvalue weighted by Crippen LogP contribution is -2.20. The molecule has 2 aromatic carbocycles. The number of para-hydroxylation sites is 1. The van der Waals surface area contributed by atoms with E-state index in [0.29, 0.717) is 10.6 Å². The highest BCUT2D eigenvalue weighted by Crippen LogP contribution is 2.36. The average molecular weight is 398 g/mol. The SMILES string of the molecule is CC(C)(C)c1cc2cc(CC(C)(C)c3nc4cccc(Cl)c4o3)ccc2s1. The van der Waals surface area contributed by atoms with Crippen LogP contribution in [0, 0.1) is 0 Å². The maximum Gasteiger partial charge on any atom is 0.201 e. The standard InChI is InChI=1S/C23H24ClNOS/c1-22(2,3)19-12-15-11-14(9-10-18(15)27-19)13-23(4,5)21-25-17-8-6-7-16(24)20(17)26-21/h6-12H,13H2,1-5H3. The van der Waals surface area contributed by atoms with E-state index < -0.39 is 0 Å². The molecule has 4 rings (SSSR count). The summed E-state index contributed by atoms with van der Waals surface area (Å²) in [4.78, 5) is 6.11. The highest BCUT2D eigenvalue weighted by molar-refractivity contribution is 7.19. The summed E-state index contributed by atoms with van der Waals surface area (Å²) in [6.45, 7) is 11.1. The molecule has 2 nitrogen and oxygen atoms in total. The van der Waals surface area contributed by atoms with E-state index in [9.17, 15) is 0 Å². The lowest BCUT2D eigenvalue weighted by Gasteiger charge is -2.20. The first-order valence-electron chi connectivity index (χ1n) is 9.22. The van der Waals surface area contributed by atoms with Gasteiger partial charge in [0.25, 0.3) is 0 Å². The lowest BCUT2D eigenvalue weighted by atomic mass is 9.85. The van der Waals surface area contributed by atoms with Crippen LogP contribution in [-0.2, 0) is 17.3 Å². The van der Waals surface area contributed by atoms with E-state index in [1.54, 1.807) is 0 Å². The zero-order valence-electron chi connectivity index (χ0n) is 16.4. The van der Waals surface area contributed by atoms with Gasteiger partial charge in [-0.3, -0.25) is 0 Å². The van der Waals surface area contributed by atoms with Crippen molar-refractivity contribution in [1.29, 1.82) is 0 Å². The van der Waals surface area contributed by atoms with Crippen molar-refractivity contribution in [1.82, 2.24) is 4.98 Å². The van der Waals surface area contributed by atoms with E-state index in [2.05, 4.69) is 58.9 Å². The molecule has 0 amide bonds. The van der Waals surface area contributed by atoms with E-state index in [4.69, 9.17) is 21.0 Å². The number of thiophene rings is 1. The summed E-state index contributed by atoms with van der Waals surface area (Å²) in [5.74, 6) is 0.728. The van der Waals surface area contributed by atoms with E-state index >= 15 is 0 Å². The number of hydrogen-bond donors (Lipinski definition) is 0. The molecule has 0 radical (unpaired) electrons. The fourth-order valence-corrected chi connectivity index (χ4v) is 4.67. The van der Waals surface area contributed by atoms with Crippen molar-refractivity contribution in [3.05, 3.63) is 63.8 Å². The number of hydrogen-bond acceptors (Lipinski definition) is 3. The Morgan fingerprint density at radius 1 is 1.04 bits per heavy atom. The Bertz CT molecular complexity index is 1130. The van der Waals surface area contributed by atoms with Crippen molar-refractivity contribution in [2.45, 2.75) is 51.9 Å². The summed E-state index contributed by atoms with van der Waals surface area (Å²) in [5.41, 5.74) is 2.73. The molecule has 0 bridgehead atoms. The summed E-state index contributed by atoms with van der Waals surface area (Å²) in [6.07, 6.45) is 0.855. The summed E-state index contributed by atoms with van der Waals surface area (Å²) in [7, 11) is 0. The lowest BCUT2D eigenvalue weighted by molar-refractivity contribution is 0.381. The normalized spacial score (nSPS) is 13.0. The molecule has 27 heavy (non-hydrogen) atoms. The molecule has 2 heterocycles. The van der Waals surface area contributed by atoms with Gasteiger partial charge in [-0.2, -0.15) is 0 Å². The number of fused-ring (bicyclic) bond motifs is 2. The average Bonchev–Trinajstić information content (AvgIpc) is 3.18. The molecule has 0 saturated carbocycles. The van der Waals surface area contributed by atoms with Crippen LogP contribution in [0.5, 0.6) is 0 Å². The van der Waals surface area contributed by atoms with Gasteiger partial charge in [-0.05, 0) is 47.1 Å². The minimum atomic E-state index is -0.223. The first-order valence-corrected chi connectivity index (χ1v) is 10.4. The number of oxazole rings is 1. The number of rotatable bonds is 3. The van der Waals surface area contributed by atoms with Gasteiger partial charge in [0.1, 0.15) is 5.52 Å². The van der Waals surface area contributed by atoms with Crippen molar-refractivity contribution in [3.63, 3.8) is 0 Å². The summed E-state index contributed by atoms with van der Waals surface area (Å²) in [5, 5.41) is 1.93. The molecular weight excluding hydrogens is 374 g/mol. The third-order valence-corrected chi connectivity index (χ3v) is 6.75. The quantitative estimate of drug-likeness (QED) is 0.357. The van der Waals surface area contributed by atoms with E-state index in [-0.39, 0.29) is 10.8 Å². The number of nitrogens with zero attached hydrogens (tertiary/aromatic N) is 1. The molecule has 0 atom stereocenters. The second-order valence-corrected chi connectivity index (χ2v) is 10.4. The van der Waals surface area contributed by atoms with E-state index in [0.717, 1.165) is 17.8 Å². The predicted molar refractivity (Wildman–Crippen MR) is 116 cm³/mol. The van der Waals surface area contributed by atoms with Gasteiger partial charge in [0.15, 0.2) is 5.58 Å². The molecule has 0 spiro atoms. The first-order chi connectivity index (χ1) is 12.6. The molecule has 4 heteroatoms. The smallest absolute Gasteiger partial charge is 0.201 e. The van der Waals surface area contributed by atoms with Crippen LogP contribution in [0.3, 0.4) is 0 Å². The topological polar surface area (TPSA) is 26.0 Å². The van der Waals surface area contributed by atoms with E-state index in [1.165, 1.54) is 20.5 Å². The summed E-state index contributed by atoms with van der Waals surface area (Å²) < 4.78 is 7.37. The Balaban J connectivity index is 1.67. The van der Waals surface area contributed by atoms with Crippen LogP contribution in [0.1, 0.15) is 51.0 Å². The largest absolute Gasteiger partial charge is 0.439 e. The molecule has 0 N–H and O–H groups in total. The highest BCUT2D eigenvalue weighted by atomic mass is 35.5. The first kappa shape index (κ1) is 18.5. The molecule has 0 saturated heterocycles. The fraction of sp³-hybridized carbons (Fsp3) is 0.348. The molecular formula is C23H24ClNOS. The Morgan fingerprint density at radius 2 is 1.81 bits per heavy atom. The Kier molecular flexibility index (Phi) is 4.36. The van der Waals surface area contributed by atoms with Crippen molar-refractivity contribution >= 4 is 44.1 Å². The minimum Gasteiger partial charge on any atom is -0.439 e. The molecule has 0 aliphatic carbocycles. The van der Waals surface area contributed by atoms with Gasteiger partial charge < -0.3 is 4.42 Å². The van der Waals surface area contributed by atoms with E-state index in [1.807, 2.05) is 29.5 Å². The number of benzene rings is 2. The van der Waals surface area contributed by atoms with Crippen molar-refractivity contribution < 1.29 is 4.42 Å². The van der Waals surface area contributed by atoms with Gasteiger partial charge in [0.05, 0.1) is 5.02 Å². The Hall–Kier alpha value is -1.84. The molecule has 2 aromatic heterocycles. The van der Waals surface area contributed by atoms with Crippen LogP contribution >= 0.6 is 22.9 Å². The van der Waals surface area contributed by atoms with Crippen LogP contribution in [-0.4, -0.2) is 4.98 Å². The number of aromatic nitrogens is 1. The maximum absolute atomic E-state index is 6.25. The van der Waals surface area contributed by atoms with Crippen LogP contribution < -0.4 is 0 Å². The van der Waals surface area contributed by atoms with Crippen molar-refractivity contribution in [3.8, 4) is 0 Å². The minimum absolute atomic E-state index is 0.181. The fourth-order valence-electron chi connectivity index (χ4n) is 3.36. The summed E-state index contributed by atoms with van der Waals surface area (Å²) in [6, 6.07) is 14.8. The van der Waals surface area contributed by atoms with Gasteiger partial charge in [-0.15, -0.1) is 11.3 Å². The second-order valence-electron chi connectivity index (χ2n) is 8.90. The van der Waals surface area contributed by atoms with Gasteiger partial charge >= 0.3 is 0 Å². The molecule has 0 aliphatic rings. The van der Waals surface area contributed by atoms with Crippen LogP contribution in [0.2, 0.25) is 5.02 Å². The zero-order chi connectivity index (χ0) is 19.4. The van der Waals surface area contributed by atoms with Crippen LogP contribution in [0.25, 0.3) is 21.2 Å². The maximum atomic E-state index is 6.25. The Labute approximate surface area is 169 Å². The van der Waals surface area contributed by atoms with Crippen molar-refractivity contribution in [2.75, 3.05) is 0 Å². The summed E-state index contributed by atoms with van der Waals surface area (Å²) >= 11 is 8.14. The molecule has 4 aromatic rings. The predicted octanol–water partition coefficient (Wildman–Crippen LogP) is 7.51. The molecule has 0 aliphatic heterocycles. The molecule has 140 valence electrons. The monoisotopic (exact) mass is 397 g/mol. The Morgan fingerprint density at radius 3 is 2.52 bits per heavy atom. The zero-order valence-corrected chi connectivity index (χ0v) is 18.0. The van der Waals surface area contributed by atoms with Gasteiger partial charge in [0, 0.05) is 15.0 Å². The number of halogens is 1. The highest BCUT2D eigenvalue weighted by Gasteiger charge is 2.28. The van der Waals surface area contributed by atoms with Crippen molar-refractivity contribution in [2.24, 2.45) is 0 Å². The molecule has 0 fully saturated rings. The molecule has 0 unspecified atom stereocenters. The second kappa shape index (κ2) is 6.35. The third kappa shape index (κ3) is 3.51. The van der Waals surface area contributed by atoms with Gasteiger partial charge in [0.2, 0.25) is 5.89 Å². The van der Waals surface area contributed by atoms with Crippen LogP contribution in [0.4, 0.5) is 0 Å². The van der Waals surface area contributed by atoms with Gasteiger partial charge in [-0.25, -0.2) is 4.98 Å². The van der Waals surface area contributed by atoms with Gasteiger partial charge in [-0.1, -0.05) is 64.4 Å².